The Morgan fingerprint density at radius 1 is 1.33 bits per heavy atom. The molecule has 21 heavy (non-hydrogen) atoms. The van der Waals surface area contributed by atoms with Crippen LogP contribution >= 0.6 is 11.3 Å². The van der Waals surface area contributed by atoms with Crippen molar-refractivity contribution in [2.75, 3.05) is 13.2 Å². The van der Waals surface area contributed by atoms with E-state index in [2.05, 4.69) is 36.7 Å². The number of aryl methyl sites for hydroxylation is 2. The molecule has 2 N–H and O–H groups in total. The molecule has 1 aromatic carbocycles. The predicted molar refractivity (Wildman–Crippen MR) is 88.1 cm³/mol. The van der Waals surface area contributed by atoms with Gasteiger partial charge in [-0.15, -0.1) is 11.3 Å². The summed E-state index contributed by atoms with van der Waals surface area (Å²) < 4.78 is 5.63. The maximum atomic E-state index is 9.95. The summed E-state index contributed by atoms with van der Waals surface area (Å²) in [4.78, 5) is 1.32. The standard InChI is InChI=1S/C17H23NO2S/c1-3-14-5-4-6-16(9-14)20-12-15(19)10-18-11-17-13(2)7-8-21-17/h4-9,15,18-19H,3,10-12H2,1-2H3. The normalized spacial score (nSPS) is 12.3. The van der Waals surface area contributed by atoms with Gasteiger partial charge in [-0.2, -0.15) is 0 Å². The van der Waals surface area contributed by atoms with E-state index in [1.54, 1.807) is 11.3 Å². The monoisotopic (exact) mass is 305 g/mol. The molecule has 114 valence electrons. The zero-order chi connectivity index (χ0) is 15.1. The SMILES string of the molecule is CCc1cccc(OCC(O)CNCc2sccc2C)c1. The van der Waals surface area contributed by atoms with Crippen LogP contribution in [0.2, 0.25) is 0 Å². The lowest BCUT2D eigenvalue weighted by Gasteiger charge is -2.13. The topological polar surface area (TPSA) is 41.5 Å². The average molecular weight is 305 g/mol. The molecule has 0 radical (unpaired) electrons. The van der Waals surface area contributed by atoms with Gasteiger partial charge in [-0.1, -0.05) is 19.1 Å². The first-order valence-corrected chi connectivity index (χ1v) is 8.20. The van der Waals surface area contributed by atoms with Gasteiger partial charge in [0, 0.05) is 18.0 Å². The lowest BCUT2D eigenvalue weighted by Crippen LogP contribution is -2.31. The summed E-state index contributed by atoms with van der Waals surface area (Å²) in [7, 11) is 0. The van der Waals surface area contributed by atoms with Crippen molar-refractivity contribution in [3.63, 3.8) is 0 Å². The Hall–Kier alpha value is -1.36. The highest BCUT2D eigenvalue weighted by Crippen LogP contribution is 2.15. The van der Waals surface area contributed by atoms with Crippen LogP contribution in [0.15, 0.2) is 35.7 Å². The highest BCUT2D eigenvalue weighted by Gasteiger charge is 2.06. The highest BCUT2D eigenvalue weighted by atomic mass is 32.1. The number of ether oxygens (including phenoxy) is 1. The molecule has 1 heterocycles. The third-order valence-corrected chi connectivity index (χ3v) is 4.41. The number of hydrogen-bond donors (Lipinski definition) is 2. The number of aliphatic hydroxyl groups excluding tert-OH is 1. The van der Waals surface area contributed by atoms with Crippen molar-refractivity contribution in [2.24, 2.45) is 0 Å². The molecule has 0 aliphatic rings. The summed E-state index contributed by atoms with van der Waals surface area (Å²) in [5.74, 6) is 0.822. The van der Waals surface area contributed by atoms with Crippen molar-refractivity contribution >= 4 is 11.3 Å². The molecule has 0 fully saturated rings. The van der Waals surface area contributed by atoms with E-state index >= 15 is 0 Å². The van der Waals surface area contributed by atoms with Gasteiger partial charge in [-0.3, -0.25) is 0 Å². The second-order valence-electron chi connectivity index (χ2n) is 5.12. The van der Waals surface area contributed by atoms with Gasteiger partial charge >= 0.3 is 0 Å². The van der Waals surface area contributed by atoms with Crippen molar-refractivity contribution in [3.05, 3.63) is 51.7 Å². The van der Waals surface area contributed by atoms with Gasteiger partial charge in [0.15, 0.2) is 0 Å². The molecular formula is C17H23NO2S. The lowest BCUT2D eigenvalue weighted by atomic mass is 10.2. The molecule has 0 spiro atoms. The van der Waals surface area contributed by atoms with Gasteiger partial charge in [0.25, 0.3) is 0 Å². The van der Waals surface area contributed by atoms with Gasteiger partial charge in [0.05, 0.1) is 0 Å². The molecule has 1 unspecified atom stereocenters. The minimum absolute atomic E-state index is 0.309. The molecule has 0 saturated heterocycles. The molecule has 2 rings (SSSR count). The zero-order valence-electron chi connectivity index (χ0n) is 12.6. The van der Waals surface area contributed by atoms with E-state index in [9.17, 15) is 5.11 Å². The first kappa shape index (κ1) is 16.0. The van der Waals surface area contributed by atoms with Crippen LogP contribution in [0.1, 0.15) is 22.9 Å². The van der Waals surface area contributed by atoms with Crippen LogP contribution in [-0.2, 0) is 13.0 Å². The van der Waals surface area contributed by atoms with Gasteiger partial charge < -0.3 is 15.2 Å². The van der Waals surface area contributed by atoms with E-state index in [0.29, 0.717) is 13.2 Å². The van der Waals surface area contributed by atoms with E-state index in [-0.39, 0.29) is 0 Å². The summed E-state index contributed by atoms with van der Waals surface area (Å²) in [5.41, 5.74) is 2.54. The minimum atomic E-state index is -0.504. The fourth-order valence-electron chi connectivity index (χ4n) is 2.04. The third kappa shape index (κ3) is 5.16. The van der Waals surface area contributed by atoms with Crippen molar-refractivity contribution in [1.29, 1.82) is 0 Å². The quantitative estimate of drug-likeness (QED) is 0.787. The van der Waals surface area contributed by atoms with Gasteiger partial charge in [-0.25, -0.2) is 0 Å². The number of benzene rings is 1. The number of rotatable bonds is 8. The Kier molecular flexibility index (Phi) is 6.23. The van der Waals surface area contributed by atoms with Crippen LogP contribution in [0.25, 0.3) is 0 Å². The largest absolute Gasteiger partial charge is 0.491 e. The third-order valence-electron chi connectivity index (χ3n) is 3.38. The molecule has 1 aromatic heterocycles. The summed E-state index contributed by atoms with van der Waals surface area (Å²) in [6.07, 6.45) is 0.483. The van der Waals surface area contributed by atoms with E-state index in [1.165, 1.54) is 16.0 Å². The average Bonchev–Trinajstić information content (AvgIpc) is 2.91. The van der Waals surface area contributed by atoms with Crippen molar-refractivity contribution < 1.29 is 9.84 Å². The Bertz CT molecular complexity index is 553. The van der Waals surface area contributed by atoms with E-state index < -0.39 is 6.10 Å². The van der Waals surface area contributed by atoms with Crippen molar-refractivity contribution in [3.8, 4) is 5.75 Å². The molecule has 1 atom stereocenters. The summed E-state index contributed by atoms with van der Waals surface area (Å²) >= 11 is 1.74. The van der Waals surface area contributed by atoms with Crippen molar-refractivity contribution in [2.45, 2.75) is 32.9 Å². The lowest BCUT2D eigenvalue weighted by molar-refractivity contribution is 0.106. The minimum Gasteiger partial charge on any atom is -0.491 e. The van der Waals surface area contributed by atoms with Crippen LogP contribution in [-0.4, -0.2) is 24.4 Å². The molecule has 0 amide bonds. The van der Waals surface area contributed by atoms with Crippen LogP contribution in [0.5, 0.6) is 5.75 Å². The zero-order valence-corrected chi connectivity index (χ0v) is 13.5. The van der Waals surface area contributed by atoms with E-state index in [0.717, 1.165) is 18.7 Å². The summed E-state index contributed by atoms with van der Waals surface area (Å²) in [6.45, 7) is 5.86. The molecule has 3 nitrogen and oxygen atoms in total. The number of thiophene rings is 1. The molecule has 0 saturated carbocycles. The van der Waals surface area contributed by atoms with Gasteiger partial charge in [0.2, 0.25) is 0 Å². The Labute approximate surface area is 130 Å². The fourth-order valence-corrected chi connectivity index (χ4v) is 2.92. The second kappa shape index (κ2) is 8.17. The number of hydrogen-bond acceptors (Lipinski definition) is 4. The summed E-state index contributed by atoms with van der Waals surface area (Å²) in [5, 5.41) is 15.3. The van der Waals surface area contributed by atoms with Crippen molar-refractivity contribution in [1.82, 2.24) is 5.32 Å². The van der Waals surface area contributed by atoms with Crippen LogP contribution in [0.4, 0.5) is 0 Å². The number of aliphatic hydroxyl groups is 1. The molecule has 4 heteroatoms. The smallest absolute Gasteiger partial charge is 0.119 e. The molecule has 2 aromatic rings. The van der Waals surface area contributed by atoms with E-state index in [4.69, 9.17) is 4.74 Å². The maximum Gasteiger partial charge on any atom is 0.119 e. The Balaban J connectivity index is 1.69. The number of nitrogens with one attached hydrogen (secondary N) is 1. The fraction of sp³-hybridized carbons (Fsp3) is 0.412. The molecule has 0 aliphatic carbocycles. The van der Waals surface area contributed by atoms with E-state index in [1.807, 2.05) is 18.2 Å². The Morgan fingerprint density at radius 2 is 2.19 bits per heavy atom. The molecule has 0 aliphatic heterocycles. The Morgan fingerprint density at radius 3 is 2.90 bits per heavy atom. The predicted octanol–water partition coefficient (Wildman–Crippen LogP) is 3.15. The maximum absolute atomic E-state index is 9.95. The summed E-state index contributed by atoms with van der Waals surface area (Å²) in [6, 6.07) is 10.1. The van der Waals surface area contributed by atoms with Gasteiger partial charge in [-0.05, 0) is 48.1 Å². The molecule has 0 bridgehead atoms. The second-order valence-corrected chi connectivity index (χ2v) is 6.12. The van der Waals surface area contributed by atoms with Gasteiger partial charge in [0.1, 0.15) is 18.5 Å². The van der Waals surface area contributed by atoms with Crippen LogP contribution < -0.4 is 10.1 Å². The first-order valence-electron chi connectivity index (χ1n) is 7.32. The van der Waals surface area contributed by atoms with Crippen LogP contribution in [0, 0.1) is 6.92 Å². The first-order chi connectivity index (χ1) is 10.2. The van der Waals surface area contributed by atoms with Crippen LogP contribution in [0.3, 0.4) is 0 Å². The highest BCUT2D eigenvalue weighted by molar-refractivity contribution is 7.10. The molecular weight excluding hydrogens is 282 g/mol.